The molecule has 84 valence electrons. The number of rotatable bonds is 1. The highest BCUT2D eigenvalue weighted by Crippen LogP contribution is 2.30. The van der Waals surface area contributed by atoms with Crippen LogP contribution in [0.3, 0.4) is 0 Å². The molecule has 2 aromatic rings. The molecule has 6 heteroatoms. The van der Waals surface area contributed by atoms with Crippen LogP contribution in [0.5, 0.6) is 0 Å². The number of nitrogens with zero attached hydrogens (tertiary/aromatic N) is 1. The molecular weight excluding hydrogens is 241 g/mol. The highest BCUT2D eigenvalue weighted by Gasteiger charge is 2.14. The average molecular weight is 247 g/mol. The Kier molecular flexibility index (Phi) is 2.63. The van der Waals surface area contributed by atoms with E-state index < -0.39 is 17.9 Å². The van der Waals surface area contributed by atoms with Gasteiger partial charge in [-0.15, -0.1) is 0 Å². The van der Waals surface area contributed by atoms with Crippen molar-refractivity contribution in [2.75, 3.05) is 5.73 Å². The predicted octanol–water partition coefficient (Wildman–Crippen LogP) is 3.55. The summed E-state index contributed by atoms with van der Waals surface area (Å²) in [5, 5.41) is 0.193. The highest BCUT2D eigenvalue weighted by atomic mass is 35.5. The van der Waals surface area contributed by atoms with E-state index in [1.165, 1.54) is 0 Å². The molecule has 1 heterocycles. The molecule has 0 saturated heterocycles. The van der Waals surface area contributed by atoms with Crippen LogP contribution in [-0.4, -0.2) is 4.98 Å². The van der Waals surface area contributed by atoms with E-state index in [1.54, 1.807) is 0 Å². The number of fused-ring (bicyclic) bond motifs is 1. The van der Waals surface area contributed by atoms with Gasteiger partial charge in [0, 0.05) is 11.1 Å². The van der Waals surface area contributed by atoms with Crippen molar-refractivity contribution in [2.24, 2.45) is 0 Å². The van der Waals surface area contributed by atoms with Gasteiger partial charge < -0.3 is 5.73 Å². The molecule has 0 saturated carbocycles. The van der Waals surface area contributed by atoms with E-state index in [1.807, 2.05) is 0 Å². The Bertz CT molecular complexity index is 557. The topological polar surface area (TPSA) is 38.9 Å². The van der Waals surface area contributed by atoms with Gasteiger partial charge in [0.25, 0.3) is 6.43 Å². The number of alkyl halides is 2. The van der Waals surface area contributed by atoms with Crippen LogP contribution >= 0.6 is 11.6 Å². The van der Waals surface area contributed by atoms with E-state index in [4.69, 9.17) is 17.3 Å². The number of aromatic nitrogens is 1. The van der Waals surface area contributed by atoms with Crippen molar-refractivity contribution in [3.63, 3.8) is 0 Å². The average Bonchev–Trinajstić information content (AvgIpc) is 2.19. The summed E-state index contributed by atoms with van der Waals surface area (Å²) in [4.78, 5) is 3.65. The fourth-order valence-electron chi connectivity index (χ4n) is 1.41. The summed E-state index contributed by atoms with van der Waals surface area (Å²) in [6, 6.07) is 3.13. The maximum absolute atomic E-state index is 13.0. The smallest absolute Gasteiger partial charge is 0.280 e. The lowest BCUT2D eigenvalue weighted by Crippen LogP contribution is -1.97. The molecule has 1 aromatic heterocycles. The number of nitrogens with two attached hydrogens (primary N) is 1. The molecule has 0 aliphatic carbocycles. The molecule has 0 aliphatic rings. The minimum absolute atomic E-state index is 0.0294. The lowest BCUT2D eigenvalue weighted by Gasteiger charge is -2.07. The molecule has 0 amide bonds. The number of benzene rings is 1. The SMILES string of the molecule is Nc1cc(C(F)F)nc2c(Cl)cc(F)cc12. The molecule has 0 fully saturated rings. The van der Waals surface area contributed by atoms with E-state index in [-0.39, 0.29) is 21.6 Å². The Morgan fingerprint density at radius 2 is 1.94 bits per heavy atom. The van der Waals surface area contributed by atoms with Crippen molar-refractivity contribution < 1.29 is 13.2 Å². The second-order valence-electron chi connectivity index (χ2n) is 3.22. The number of hydrogen-bond acceptors (Lipinski definition) is 2. The zero-order chi connectivity index (χ0) is 11.9. The van der Waals surface area contributed by atoms with Gasteiger partial charge in [-0.3, -0.25) is 0 Å². The monoisotopic (exact) mass is 246 g/mol. The summed E-state index contributed by atoms with van der Waals surface area (Å²) in [5.74, 6) is -0.587. The van der Waals surface area contributed by atoms with Gasteiger partial charge >= 0.3 is 0 Å². The van der Waals surface area contributed by atoms with E-state index in [0.717, 1.165) is 18.2 Å². The first-order chi connectivity index (χ1) is 7.49. The molecule has 2 nitrogen and oxygen atoms in total. The van der Waals surface area contributed by atoms with E-state index in [2.05, 4.69) is 4.98 Å². The van der Waals surface area contributed by atoms with Crippen LogP contribution in [-0.2, 0) is 0 Å². The summed E-state index contributed by atoms with van der Waals surface area (Å²) in [5.41, 5.74) is 5.17. The van der Waals surface area contributed by atoms with Gasteiger partial charge in [0.05, 0.1) is 10.5 Å². The lowest BCUT2D eigenvalue weighted by molar-refractivity contribution is 0.146. The summed E-state index contributed by atoms with van der Waals surface area (Å²) < 4.78 is 37.9. The molecule has 0 bridgehead atoms. The van der Waals surface area contributed by atoms with Crippen LogP contribution < -0.4 is 5.73 Å². The maximum atomic E-state index is 13.0. The van der Waals surface area contributed by atoms with E-state index in [0.29, 0.717) is 0 Å². The van der Waals surface area contributed by atoms with Crippen molar-refractivity contribution in [3.05, 3.63) is 34.7 Å². The van der Waals surface area contributed by atoms with E-state index in [9.17, 15) is 13.2 Å². The van der Waals surface area contributed by atoms with Gasteiger partial charge in [-0.05, 0) is 18.2 Å². The van der Waals surface area contributed by atoms with Gasteiger partial charge in [-0.2, -0.15) is 0 Å². The van der Waals surface area contributed by atoms with Crippen molar-refractivity contribution in [3.8, 4) is 0 Å². The Balaban J connectivity index is 2.82. The van der Waals surface area contributed by atoms with Gasteiger partial charge in [0.1, 0.15) is 11.5 Å². The van der Waals surface area contributed by atoms with Gasteiger partial charge in [0.2, 0.25) is 0 Å². The first-order valence-electron chi connectivity index (χ1n) is 4.32. The fourth-order valence-corrected chi connectivity index (χ4v) is 1.66. The summed E-state index contributed by atoms with van der Waals surface area (Å²) in [6.07, 6.45) is -2.74. The number of hydrogen-bond donors (Lipinski definition) is 1. The van der Waals surface area contributed by atoms with Crippen LogP contribution in [0, 0.1) is 5.82 Å². The summed E-state index contributed by atoms with van der Waals surface area (Å²) >= 11 is 5.71. The van der Waals surface area contributed by atoms with Crippen LogP contribution in [0.1, 0.15) is 12.1 Å². The number of nitrogen functional groups attached to an aromatic ring is 1. The predicted molar refractivity (Wildman–Crippen MR) is 56.1 cm³/mol. The lowest BCUT2D eigenvalue weighted by atomic mass is 10.1. The Hall–Kier alpha value is -1.49. The Morgan fingerprint density at radius 3 is 2.56 bits per heavy atom. The molecule has 16 heavy (non-hydrogen) atoms. The highest BCUT2D eigenvalue weighted by molar-refractivity contribution is 6.35. The van der Waals surface area contributed by atoms with Crippen molar-refractivity contribution in [1.82, 2.24) is 4.98 Å². The van der Waals surface area contributed by atoms with Crippen LogP contribution in [0.2, 0.25) is 5.02 Å². The fraction of sp³-hybridized carbons (Fsp3) is 0.100. The molecule has 1 aromatic carbocycles. The first-order valence-corrected chi connectivity index (χ1v) is 4.70. The third-order valence-corrected chi connectivity index (χ3v) is 2.40. The molecule has 0 radical (unpaired) electrons. The van der Waals surface area contributed by atoms with Gasteiger partial charge in [-0.1, -0.05) is 11.6 Å². The van der Waals surface area contributed by atoms with Crippen LogP contribution in [0.15, 0.2) is 18.2 Å². The van der Waals surface area contributed by atoms with E-state index >= 15 is 0 Å². The van der Waals surface area contributed by atoms with Crippen molar-refractivity contribution in [2.45, 2.75) is 6.43 Å². The quantitative estimate of drug-likeness (QED) is 0.836. The molecule has 0 spiro atoms. The molecule has 2 rings (SSSR count). The third kappa shape index (κ3) is 1.78. The van der Waals surface area contributed by atoms with Crippen LogP contribution in [0.25, 0.3) is 10.9 Å². The van der Waals surface area contributed by atoms with Gasteiger partial charge in [-0.25, -0.2) is 18.2 Å². The second-order valence-corrected chi connectivity index (χ2v) is 3.63. The number of pyridine rings is 1. The minimum Gasteiger partial charge on any atom is -0.398 e. The zero-order valence-corrected chi connectivity index (χ0v) is 8.60. The second kappa shape index (κ2) is 3.83. The van der Waals surface area contributed by atoms with Crippen molar-refractivity contribution in [1.29, 1.82) is 0 Å². The number of anilines is 1. The summed E-state index contributed by atoms with van der Waals surface area (Å²) in [7, 11) is 0. The zero-order valence-electron chi connectivity index (χ0n) is 7.85. The molecule has 0 aliphatic heterocycles. The number of halogens is 4. The standard InChI is InChI=1S/C10H6ClF3N2/c11-6-2-4(12)1-5-7(15)3-8(10(13)14)16-9(5)6/h1-3,10H,(H2,15,16). The minimum atomic E-state index is -2.74. The van der Waals surface area contributed by atoms with Crippen molar-refractivity contribution >= 4 is 28.2 Å². The molecular formula is C10H6ClF3N2. The third-order valence-electron chi connectivity index (χ3n) is 2.11. The normalized spacial score (nSPS) is 11.3. The Morgan fingerprint density at radius 1 is 1.25 bits per heavy atom. The largest absolute Gasteiger partial charge is 0.398 e. The Labute approximate surface area is 93.8 Å². The van der Waals surface area contributed by atoms with Crippen LogP contribution in [0.4, 0.5) is 18.9 Å². The van der Waals surface area contributed by atoms with Gasteiger partial charge in [0.15, 0.2) is 0 Å². The maximum Gasteiger partial charge on any atom is 0.280 e. The molecule has 0 unspecified atom stereocenters. The molecule has 2 N–H and O–H groups in total. The summed E-state index contributed by atoms with van der Waals surface area (Å²) in [6.45, 7) is 0. The molecule has 0 atom stereocenters. The first kappa shape index (κ1) is 11.0.